The number of nitrogens with one attached hydrogen (secondary N) is 2. The van der Waals surface area contributed by atoms with E-state index in [2.05, 4.69) is 32.5 Å². The first-order valence-corrected chi connectivity index (χ1v) is 9.62. The van der Waals surface area contributed by atoms with E-state index in [1.165, 1.54) is 11.3 Å². The Balaban J connectivity index is 1.36. The molecule has 7 heteroatoms. The Hall–Kier alpha value is -2.38. The standard InChI is InChI=1S/C20H26N4O3/c25-20(21-11-16-14-26-9-10-27-16)23-18-7-4-8-19-17(18)12-22-24(19)13-15-5-2-1-3-6-15/h1-3,5-6,12,16,18H,4,7-11,13-14H2,(H2,21,23,25)/t16-,18-/m0/s1. The van der Waals surface area contributed by atoms with Crippen molar-refractivity contribution in [1.82, 2.24) is 20.4 Å². The fraction of sp³-hybridized carbons (Fsp3) is 0.500. The van der Waals surface area contributed by atoms with Crippen LogP contribution in [-0.4, -0.2) is 48.3 Å². The van der Waals surface area contributed by atoms with Gasteiger partial charge in [0.05, 0.1) is 44.7 Å². The van der Waals surface area contributed by atoms with E-state index in [1.54, 1.807) is 0 Å². The maximum Gasteiger partial charge on any atom is 0.315 e. The van der Waals surface area contributed by atoms with Crippen LogP contribution in [0.3, 0.4) is 0 Å². The molecule has 1 aromatic carbocycles. The normalized spacial score (nSPS) is 22.1. The van der Waals surface area contributed by atoms with Gasteiger partial charge in [0.1, 0.15) is 0 Å². The van der Waals surface area contributed by atoms with Crippen LogP contribution in [0.25, 0.3) is 0 Å². The molecule has 2 amide bonds. The fourth-order valence-electron chi connectivity index (χ4n) is 3.73. The second-order valence-corrected chi connectivity index (χ2v) is 7.06. The monoisotopic (exact) mass is 370 g/mol. The van der Waals surface area contributed by atoms with Crippen LogP contribution < -0.4 is 10.6 Å². The third kappa shape index (κ3) is 4.48. The Morgan fingerprint density at radius 2 is 2.15 bits per heavy atom. The third-order valence-electron chi connectivity index (χ3n) is 5.12. The smallest absolute Gasteiger partial charge is 0.315 e. The molecule has 0 saturated carbocycles. The van der Waals surface area contributed by atoms with Crippen molar-refractivity contribution in [1.29, 1.82) is 0 Å². The third-order valence-corrected chi connectivity index (χ3v) is 5.12. The van der Waals surface area contributed by atoms with E-state index in [-0.39, 0.29) is 18.2 Å². The number of benzene rings is 1. The van der Waals surface area contributed by atoms with Crippen molar-refractivity contribution in [2.24, 2.45) is 0 Å². The van der Waals surface area contributed by atoms with Crippen LogP contribution in [0.1, 0.15) is 35.7 Å². The van der Waals surface area contributed by atoms with E-state index in [0.29, 0.717) is 26.4 Å². The predicted molar refractivity (Wildman–Crippen MR) is 101 cm³/mol. The second kappa shape index (κ2) is 8.54. The molecule has 1 aliphatic carbocycles. The van der Waals surface area contributed by atoms with Crippen molar-refractivity contribution in [2.45, 2.75) is 38.0 Å². The van der Waals surface area contributed by atoms with Gasteiger partial charge in [0, 0.05) is 17.8 Å². The highest BCUT2D eigenvalue weighted by molar-refractivity contribution is 5.74. The molecule has 1 saturated heterocycles. The van der Waals surface area contributed by atoms with E-state index in [9.17, 15) is 4.79 Å². The Morgan fingerprint density at radius 1 is 1.26 bits per heavy atom. The molecule has 2 aromatic rings. The van der Waals surface area contributed by atoms with Crippen LogP contribution >= 0.6 is 0 Å². The molecule has 1 aromatic heterocycles. The lowest BCUT2D eigenvalue weighted by molar-refractivity contribution is -0.0853. The molecule has 7 nitrogen and oxygen atoms in total. The number of nitrogens with zero attached hydrogens (tertiary/aromatic N) is 2. The van der Waals surface area contributed by atoms with E-state index >= 15 is 0 Å². The molecule has 2 aliphatic rings. The van der Waals surface area contributed by atoms with Gasteiger partial charge in [0.25, 0.3) is 0 Å². The quantitative estimate of drug-likeness (QED) is 0.844. The lowest BCUT2D eigenvalue weighted by atomic mass is 9.93. The molecular formula is C20H26N4O3. The fourth-order valence-corrected chi connectivity index (χ4v) is 3.73. The minimum absolute atomic E-state index is 0.00166. The number of aromatic nitrogens is 2. The molecule has 1 fully saturated rings. The van der Waals surface area contributed by atoms with Crippen molar-refractivity contribution >= 4 is 6.03 Å². The highest BCUT2D eigenvalue weighted by Gasteiger charge is 2.26. The highest BCUT2D eigenvalue weighted by atomic mass is 16.6. The molecular weight excluding hydrogens is 344 g/mol. The molecule has 2 atom stereocenters. The summed E-state index contributed by atoms with van der Waals surface area (Å²) in [7, 11) is 0. The molecule has 4 rings (SSSR count). The number of ether oxygens (including phenoxy) is 2. The lowest BCUT2D eigenvalue weighted by Crippen LogP contribution is -2.45. The van der Waals surface area contributed by atoms with E-state index in [1.807, 2.05) is 24.4 Å². The molecule has 27 heavy (non-hydrogen) atoms. The summed E-state index contributed by atoms with van der Waals surface area (Å²) in [5.41, 5.74) is 3.58. The number of hydrogen-bond donors (Lipinski definition) is 2. The van der Waals surface area contributed by atoms with Gasteiger partial charge in [-0.1, -0.05) is 30.3 Å². The summed E-state index contributed by atoms with van der Waals surface area (Å²) < 4.78 is 13.0. The number of fused-ring (bicyclic) bond motifs is 1. The van der Waals surface area contributed by atoms with Gasteiger partial charge in [-0.3, -0.25) is 4.68 Å². The number of carbonyl (C=O) groups excluding carboxylic acids is 1. The van der Waals surface area contributed by atoms with Gasteiger partial charge in [-0.2, -0.15) is 5.10 Å². The first kappa shape index (κ1) is 18.0. The zero-order valence-corrected chi connectivity index (χ0v) is 15.4. The number of urea groups is 1. The second-order valence-electron chi connectivity index (χ2n) is 7.06. The van der Waals surface area contributed by atoms with Crippen LogP contribution in [0.2, 0.25) is 0 Å². The summed E-state index contributed by atoms with van der Waals surface area (Å²) in [5, 5.41) is 10.6. The topological polar surface area (TPSA) is 77.4 Å². The van der Waals surface area contributed by atoms with Crippen molar-refractivity contribution < 1.29 is 14.3 Å². The molecule has 0 unspecified atom stereocenters. The van der Waals surface area contributed by atoms with E-state index in [0.717, 1.165) is 31.4 Å². The van der Waals surface area contributed by atoms with Crippen LogP contribution in [0.15, 0.2) is 36.5 Å². The average molecular weight is 370 g/mol. The average Bonchev–Trinajstić information content (AvgIpc) is 3.12. The summed E-state index contributed by atoms with van der Waals surface area (Å²) in [6, 6.07) is 10.2. The summed E-state index contributed by atoms with van der Waals surface area (Å²) >= 11 is 0. The van der Waals surface area contributed by atoms with Gasteiger partial charge in [-0.25, -0.2) is 4.79 Å². The first-order valence-electron chi connectivity index (χ1n) is 9.62. The van der Waals surface area contributed by atoms with Gasteiger partial charge >= 0.3 is 6.03 Å². The largest absolute Gasteiger partial charge is 0.376 e. The molecule has 2 heterocycles. The summed E-state index contributed by atoms with van der Waals surface area (Å²) in [5.74, 6) is 0. The Kier molecular flexibility index (Phi) is 5.69. The van der Waals surface area contributed by atoms with Crippen molar-refractivity contribution in [3.63, 3.8) is 0 Å². The minimum atomic E-state index is -0.169. The van der Waals surface area contributed by atoms with Crippen molar-refractivity contribution in [2.75, 3.05) is 26.4 Å². The van der Waals surface area contributed by atoms with E-state index in [4.69, 9.17) is 9.47 Å². The molecule has 2 N–H and O–H groups in total. The van der Waals surface area contributed by atoms with Gasteiger partial charge in [0.15, 0.2) is 0 Å². The zero-order valence-electron chi connectivity index (χ0n) is 15.4. The van der Waals surface area contributed by atoms with Gasteiger partial charge in [-0.05, 0) is 24.8 Å². The molecule has 144 valence electrons. The Morgan fingerprint density at radius 3 is 2.96 bits per heavy atom. The molecule has 0 bridgehead atoms. The van der Waals surface area contributed by atoms with Crippen LogP contribution in [0, 0.1) is 0 Å². The van der Waals surface area contributed by atoms with E-state index < -0.39 is 0 Å². The van der Waals surface area contributed by atoms with Crippen LogP contribution in [0.5, 0.6) is 0 Å². The molecule has 0 spiro atoms. The summed E-state index contributed by atoms with van der Waals surface area (Å²) in [4.78, 5) is 12.3. The maximum absolute atomic E-state index is 12.3. The summed E-state index contributed by atoms with van der Waals surface area (Å²) in [6.07, 6.45) is 4.80. The van der Waals surface area contributed by atoms with Crippen LogP contribution in [0.4, 0.5) is 4.79 Å². The summed E-state index contributed by atoms with van der Waals surface area (Å²) in [6.45, 7) is 2.95. The first-order chi connectivity index (χ1) is 13.3. The SMILES string of the molecule is O=C(NC[C@H]1COCCO1)N[C@H]1CCCc2c1cnn2Cc1ccccc1. The zero-order chi connectivity index (χ0) is 18.5. The number of rotatable bonds is 5. The van der Waals surface area contributed by atoms with Gasteiger partial charge in [-0.15, -0.1) is 0 Å². The lowest BCUT2D eigenvalue weighted by Gasteiger charge is -2.26. The highest BCUT2D eigenvalue weighted by Crippen LogP contribution is 2.29. The van der Waals surface area contributed by atoms with Gasteiger partial charge in [0.2, 0.25) is 0 Å². The van der Waals surface area contributed by atoms with Crippen molar-refractivity contribution in [3.05, 3.63) is 53.3 Å². The Labute approximate surface area is 159 Å². The van der Waals surface area contributed by atoms with Crippen LogP contribution in [-0.2, 0) is 22.4 Å². The molecule has 0 radical (unpaired) electrons. The van der Waals surface area contributed by atoms with Gasteiger partial charge < -0.3 is 20.1 Å². The molecule has 1 aliphatic heterocycles. The maximum atomic E-state index is 12.3. The van der Waals surface area contributed by atoms with Crippen molar-refractivity contribution in [3.8, 4) is 0 Å². The predicted octanol–water partition coefficient (Wildman–Crippen LogP) is 2.02. The number of hydrogen-bond acceptors (Lipinski definition) is 4. The number of carbonyl (C=O) groups is 1. The Bertz CT molecular complexity index is 756. The number of amides is 2. The minimum Gasteiger partial charge on any atom is -0.376 e.